The average molecular weight is 146 g/mol. The largest absolute Gasteiger partial charge is 0.306 e. The lowest BCUT2D eigenvalue weighted by molar-refractivity contribution is -0.0141. The van der Waals surface area contributed by atoms with E-state index < -0.39 is 0 Å². The molecule has 0 atom stereocenters. The Labute approximate surface area is 61.5 Å². The van der Waals surface area contributed by atoms with E-state index in [1.54, 1.807) is 0 Å². The molecule has 0 radical (unpaired) electrons. The van der Waals surface area contributed by atoms with Gasteiger partial charge in [0.1, 0.15) is 0 Å². The maximum Gasteiger partial charge on any atom is 0.0305 e. The van der Waals surface area contributed by atoms with Crippen molar-refractivity contribution in [1.82, 2.24) is 10.0 Å². The molecule has 1 fully saturated rings. The van der Waals surface area contributed by atoms with Gasteiger partial charge in [0.15, 0.2) is 0 Å². The molecular formula is C7H15FN2. The molecule has 3 heteroatoms. The maximum atomic E-state index is 12.4. The summed E-state index contributed by atoms with van der Waals surface area (Å²) in [5, 5.41) is 0.903. The summed E-state index contributed by atoms with van der Waals surface area (Å²) in [5.74, 6) is 0. The van der Waals surface area contributed by atoms with Gasteiger partial charge in [0.2, 0.25) is 0 Å². The molecule has 0 N–H and O–H groups in total. The van der Waals surface area contributed by atoms with Gasteiger partial charge in [-0.2, -0.15) is 0 Å². The highest BCUT2D eigenvalue weighted by Gasteiger charge is 2.19. The Morgan fingerprint density at radius 3 is 2.20 bits per heavy atom. The number of hydrogen-bond acceptors (Lipinski definition) is 2. The highest BCUT2D eigenvalue weighted by molar-refractivity contribution is 4.72. The van der Waals surface area contributed by atoms with E-state index in [0.29, 0.717) is 19.1 Å². The van der Waals surface area contributed by atoms with Crippen LogP contribution in [0, 0.1) is 0 Å². The van der Waals surface area contributed by atoms with Gasteiger partial charge >= 0.3 is 0 Å². The molecule has 1 aliphatic heterocycles. The van der Waals surface area contributed by atoms with E-state index >= 15 is 0 Å². The molecule has 1 saturated heterocycles. The standard InChI is InChI=1S/C7H15FN2/c1-9(2)7-3-5-10(8)6-4-7/h7H,3-6H2,1-2H3. The Balaban J connectivity index is 2.26. The van der Waals surface area contributed by atoms with Gasteiger partial charge in [0.05, 0.1) is 0 Å². The molecule has 0 bridgehead atoms. The molecule has 10 heavy (non-hydrogen) atoms. The summed E-state index contributed by atoms with van der Waals surface area (Å²) >= 11 is 0. The van der Waals surface area contributed by atoms with Crippen LogP contribution in [0.1, 0.15) is 12.8 Å². The van der Waals surface area contributed by atoms with Crippen molar-refractivity contribution >= 4 is 0 Å². The van der Waals surface area contributed by atoms with Crippen molar-refractivity contribution in [3.63, 3.8) is 0 Å². The van der Waals surface area contributed by atoms with Gasteiger partial charge in [-0.1, -0.05) is 0 Å². The van der Waals surface area contributed by atoms with E-state index in [9.17, 15) is 4.48 Å². The molecule has 1 rings (SSSR count). The first-order chi connectivity index (χ1) is 4.70. The zero-order chi connectivity index (χ0) is 7.56. The third kappa shape index (κ3) is 1.92. The molecule has 0 aromatic rings. The molecule has 0 aromatic carbocycles. The average Bonchev–Trinajstić information content (AvgIpc) is 1.88. The predicted molar refractivity (Wildman–Crippen MR) is 39.4 cm³/mol. The Hall–Kier alpha value is -0.150. The monoisotopic (exact) mass is 146 g/mol. The summed E-state index contributed by atoms with van der Waals surface area (Å²) in [6.07, 6.45) is 1.92. The summed E-state index contributed by atoms with van der Waals surface area (Å²) in [7, 11) is 4.11. The summed E-state index contributed by atoms with van der Waals surface area (Å²) in [6.45, 7) is 1.20. The van der Waals surface area contributed by atoms with Gasteiger partial charge < -0.3 is 4.90 Å². The van der Waals surface area contributed by atoms with Crippen molar-refractivity contribution in [3.8, 4) is 0 Å². The zero-order valence-electron chi connectivity index (χ0n) is 6.68. The lowest BCUT2D eigenvalue weighted by Gasteiger charge is -2.30. The molecule has 0 unspecified atom stereocenters. The van der Waals surface area contributed by atoms with E-state index in [-0.39, 0.29) is 0 Å². The smallest absolute Gasteiger partial charge is 0.0305 e. The van der Waals surface area contributed by atoms with Crippen molar-refractivity contribution in [3.05, 3.63) is 0 Å². The summed E-state index contributed by atoms with van der Waals surface area (Å²) < 4.78 is 12.4. The second-order valence-electron chi connectivity index (χ2n) is 3.10. The fourth-order valence-corrected chi connectivity index (χ4v) is 1.35. The number of piperidine rings is 1. The first kappa shape index (κ1) is 7.95. The van der Waals surface area contributed by atoms with E-state index in [1.165, 1.54) is 0 Å². The molecule has 60 valence electrons. The lowest BCUT2D eigenvalue weighted by Crippen LogP contribution is -2.38. The number of halogens is 1. The number of nitrogens with zero attached hydrogens (tertiary/aromatic N) is 2. The fourth-order valence-electron chi connectivity index (χ4n) is 1.35. The minimum absolute atomic E-state index is 0.590. The van der Waals surface area contributed by atoms with Crippen LogP contribution in [0.25, 0.3) is 0 Å². The van der Waals surface area contributed by atoms with Crippen molar-refractivity contribution in [1.29, 1.82) is 0 Å². The summed E-state index contributed by atoms with van der Waals surface area (Å²) in [5.41, 5.74) is 0. The van der Waals surface area contributed by atoms with Gasteiger partial charge in [-0.25, -0.2) is 0 Å². The summed E-state index contributed by atoms with van der Waals surface area (Å²) in [4.78, 5) is 2.17. The molecule has 1 heterocycles. The van der Waals surface area contributed by atoms with Crippen LogP contribution in [0.5, 0.6) is 0 Å². The second-order valence-corrected chi connectivity index (χ2v) is 3.10. The molecular weight excluding hydrogens is 131 g/mol. The van der Waals surface area contributed by atoms with E-state index in [2.05, 4.69) is 19.0 Å². The van der Waals surface area contributed by atoms with Crippen LogP contribution in [0.3, 0.4) is 0 Å². The van der Waals surface area contributed by atoms with Gasteiger partial charge in [0.25, 0.3) is 0 Å². The van der Waals surface area contributed by atoms with Crippen LogP contribution in [0.4, 0.5) is 4.48 Å². The Morgan fingerprint density at radius 1 is 1.30 bits per heavy atom. The fraction of sp³-hybridized carbons (Fsp3) is 1.00. The van der Waals surface area contributed by atoms with Gasteiger partial charge in [-0.15, -0.1) is 9.60 Å². The summed E-state index contributed by atoms with van der Waals surface area (Å²) in [6, 6.07) is 0.590. The normalized spacial score (nSPS) is 24.0. The van der Waals surface area contributed by atoms with Gasteiger partial charge in [-0.3, -0.25) is 0 Å². The van der Waals surface area contributed by atoms with Crippen LogP contribution in [0.2, 0.25) is 0 Å². The first-order valence-corrected chi connectivity index (χ1v) is 3.77. The molecule has 1 aliphatic rings. The van der Waals surface area contributed by atoms with Gasteiger partial charge in [-0.05, 0) is 26.9 Å². The zero-order valence-corrected chi connectivity index (χ0v) is 6.68. The van der Waals surface area contributed by atoms with Crippen molar-refractivity contribution < 1.29 is 4.48 Å². The topological polar surface area (TPSA) is 6.48 Å². The third-order valence-corrected chi connectivity index (χ3v) is 2.14. The minimum Gasteiger partial charge on any atom is -0.306 e. The Bertz CT molecular complexity index is 97.8. The maximum absolute atomic E-state index is 12.4. The number of hydrogen-bond donors (Lipinski definition) is 0. The van der Waals surface area contributed by atoms with Crippen LogP contribution in [0.15, 0.2) is 0 Å². The van der Waals surface area contributed by atoms with Crippen molar-refractivity contribution in [2.75, 3.05) is 27.2 Å². The van der Waals surface area contributed by atoms with E-state index in [1.807, 2.05) is 0 Å². The molecule has 0 amide bonds. The minimum atomic E-state index is 0.590. The quantitative estimate of drug-likeness (QED) is 0.507. The van der Waals surface area contributed by atoms with Crippen molar-refractivity contribution in [2.24, 2.45) is 0 Å². The van der Waals surface area contributed by atoms with E-state index in [4.69, 9.17) is 0 Å². The van der Waals surface area contributed by atoms with Gasteiger partial charge in [0, 0.05) is 19.1 Å². The predicted octanol–water partition coefficient (Wildman–Crippen LogP) is 0.897. The number of rotatable bonds is 1. The molecule has 0 aromatic heterocycles. The van der Waals surface area contributed by atoms with Crippen LogP contribution in [-0.4, -0.2) is 43.2 Å². The molecule has 2 nitrogen and oxygen atoms in total. The van der Waals surface area contributed by atoms with E-state index in [0.717, 1.165) is 18.0 Å². The SMILES string of the molecule is CN(C)C1CCN(F)CC1. The second kappa shape index (κ2) is 3.30. The lowest BCUT2D eigenvalue weighted by atomic mass is 10.1. The van der Waals surface area contributed by atoms with Crippen molar-refractivity contribution in [2.45, 2.75) is 18.9 Å². The Kier molecular flexibility index (Phi) is 2.63. The molecule has 0 aliphatic carbocycles. The van der Waals surface area contributed by atoms with Crippen LogP contribution >= 0.6 is 0 Å². The first-order valence-electron chi connectivity index (χ1n) is 3.77. The van der Waals surface area contributed by atoms with Crippen LogP contribution in [-0.2, 0) is 0 Å². The third-order valence-electron chi connectivity index (χ3n) is 2.14. The highest BCUT2D eigenvalue weighted by Crippen LogP contribution is 2.13. The van der Waals surface area contributed by atoms with Crippen LogP contribution < -0.4 is 0 Å². The Morgan fingerprint density at radius 2 is 1.80 bits per heavy atom. The highest BCUT2D eigenvalue weighted by atomic mass is 19.2. The molecule has 0 saturated carbocycles. The molecule has 0 spiro atoms.